The van der Waals surface area contributed by atoms with Gasteiger partial charge in [-0.15, -0.1) is 0 Å². The number of carbonyl (C=O) groups is 1. The van der Waals surface area contributed by atoms with Crippen molar-refractivity contribution in [2.45, 2.75) is 32.9 Å². The number of nitrogens with zero attached hydrogens (tertiary/aromatic N) is 3. The number of fused-ring (bicyclic) bond motifs is 1. The van der Waals surface area contributed by atoms with Gasteiger partial charge in [0.15, 0.2) is 11.6 Å². The average molecular weight is 316 g/mol. The Bertz CT molecular complexity index is 798. The Morgan fingerprint density at radius 3 is 2.96 bits per heavy atom. The molecule has 0 unspecified atom stereocenters. The Morgan fingerprint density at radius 2 is 2.22 bits per heavy atom. The standard InChI is InChI=1S/C15H16N4O4/c1-15(2,3)22-14(20)17-8-12-18-13(23-19-12)11-6-9-7-16-5-4-10(9)21-11/h4-7H,8H2,1-3H3,(H,17,20). The molecule has 0 aliphatic rings. The fourth-order valence-electron chi connectivity index (χ4n) is 1.88. The molecule has 0 fully saturated rings. The van der Waals surface area contributed by atoms with Crippen LogP contribution in [0.5, 0.6) is 0 Å². The molecule has 1 N–H and O–H groups in total. The molecular formula is C15H16N4O4. The number of carbonyl (C=O) groups excluding carboxylic acids is 1. The summed E-state index contributed by atoms with van der Waals surface area (Å²) >= 11 is 0. The first-order valence-electron chi connectivity index (χ1n) is 7.04. The minimum atomic E-state index is -0.561. The molecule has 0 bridgehead atoms. The van der Waals surface area contributed by atoms with E-state index in [4.69, 9.17) is 13.7 Å². The quantitative estimate of drug-likeness (QED) is 0.792. The summed E-state index contributed by atoms with van der Waals surface area (Å²) in [4.78, 5) is 19.8. The Kier molecular flexibility index (Phi) is 3.73. The SMILES string of the molecule is CC(C)(C)OC(=O)NCc1noc(-c2cc3cnccc3o2)n1. The van der Waals surface area contributed by atoms with Crippen molar-refractivity contribution in [2.24, 2.45) is 0 Å². The third-order valence-electron chi connectivity index (χ3n) is 2.79. The number of furan rings is 1. The van der Waals surface area contributed by atoms with Crippen LogP contribution in [0.15, 0.2) is 33.5 Å². The maximum atomic E-state index is 11.6. The van der Waals surface area contributed by atoms with E-state index in [1.807, 2.05) is 0 Å². The number of amides is 1. The van der Waals surface area contributed by atoms with Gasteiger partial charge >= 0.3 is 6.09 Å². The van der Waals surface area contributed by atoms with Gasteiger partial charge in [-0.25, -0.2) is 4.79 Å². The van der Waals surface area contributed by atoms with Crippen LogP contribution in [-0.4, -0.2) is 26.8 Å². The summed E-state index contributed by atoms with van der Waals surface area (Å²) in [5, 5.41) is 7.20. The Morgan fingerprint density at radius 1 is 1.39 bits per heavy atom. The number of hydrogen-bond acceptors (Lipinski definition) is 7. The molecule has 120 valence electrons. The highest BCUT2D eigenvalue weighted by Gasteiger charge is 2.18. The van der Waals surface area contributed by atoms with E-state index in [0.29, 0.717) is 17.2 Å². The number of ether oxygens (including phenoxy) is 1. The monoisotopic (exact) mass is 316 g/mol. The molecule has 8 heteroatoms. The normalized spacial score (nSPS) is 11.6. The van der Waals surface area contributed by atoms with E-state index in [-0.39, 0.29) is 12.4 Å². The highest BCUT2D eigenvalue weighted by atomic mass is 16.6. The van der Waals surface area contributed by atoms with Crippen molar-refractivity contribution in [3.05, 3.63) is 30.4 Å². The van der Waals surface area contributed by atoms with Gasteiger partial charge in [0.05, 0.1) is 6.54 Å². The average Bonchev–Trinajstić information content (AvgIpc) is 3.09. The number of nitrogens with one attached hydrogen (secondary N) is 1. The lowest BCUT2D eigenvalue weighted by Gasteiger charge is -2.19. The van der Waals surface area contributed by atoms with Crippen molar-refractivity contribution in [1.82, 2.24) is 20.4 Å². The first-order chi connectivity index (χ1) is 10.9. The smallest absolute Gasteiger partial charge is 0.408 e. The zero-order chi connectivity index (χ0) is 16.4. The number of rotatable bonds is 3. The van der Waals surface area contributed by atoms with E-state index in [9.17, 15) is 4.79 Å². The number of alkyl carbamates (subject to hydrolysis) is 1. The summed E-state index contributed by atoms with van der Waals surface area (Å²) in [5.41, 5.74) is 0.121. The summed E-state index contributed by atoms with van der Waals surface area (Å²) in [7, 11) is 0. The van der Waals surface area contributed by atoms with Crippen molar-refractivity contribution in [3.63, 3.8) is 0 Å². The van der Waals surface area contributed by atoms with Crippen LogP contribution in [0.25, 0.3) is 22.6 Å². The van der Waals surface area contributed by atoms with Gasteiger partial charge in [-0.05, 0) is 32.9 Å². The second-order valence-corrected chi connectivity index (χ2v) is 5.90. The van der Waals surface area contributed by atoms with E-state index in [1.54, 1.807) is 45.3 Å². The second kappa shape index (κ2) is 5.71. The molecule has 3 aromatic heterocycles. The molecule has 1 amide bonds. The molecule has 0 aliphatic heterocycles. The molecule has 23 heavy (non-hydrogen) atoms. The zero-order valence-electron chi connectivity index (χ0n) is 13.0. The van der Waals surface area contributed by atoms with E-state index < -0.39 is 11.7 Å². The summed E-state index contributed by atoms with van der Waals surface area (Å²) in [5.74, 6) is 1.01. The van der Waals surface area contributed by atoms with Crippen molar-refractivity contribution in [1.29, 1.82) is 0 Å². The zero-order valence-corrected chi connectivity index (χ0v) is 13.0. The van der Waals surface area contributed by atoms with E-state index in [0.717, 1.165) is 5.39 Å². The lowest BCUT2D eigenvalue weighted by atomic mass is 10.2. The van der Waals surface area contributed by atoms with Crippen molar-refractivity contribution < 1.29 is 18.5 Å². The molecule has 3 heterocycles. The molecule has 8 nitrogen and oxygen atoms in total. The number of pyridine rings is 1. The molecular weight excluding hydrogens is 300 g/mol. The molecule has 0 saturated heterocycles. The van der Waals surface area contributed by atoms with Gasteiger partial charge in [0.25, 0.3) is 5.89 Å². The third-order valence-corrected chi connectivity index (χ3v) is 2.79. The van der Waals surface area contributed by atoms with Crippen LogP contribution >= 0.6 is 0 Å². The van der Waals surface area contributed by atoms with Crippen LogP contribution in [0.3, 0.4) is 0 Å². The first-order valence-corrected chi connectivity index (χ1v) is 7.04. The van der Waals surface area contributed by atoms with E-state index in [1.165, 1.54) is 0 Å². The Hall–Kier alpha value is -2.90. The van der Waals surface area contributed by atoms with E-state index >= 15 is 0 Å². The predicted molar refractivity (Wildman–Crippen MR) is 80.4 cm³/mol. The van der Waals surface area contributed by atoms with Gasteiger partial charge in [0, 0.05) is 17.8 Å². The Labute approximate surface area is 131 Å². The van der Waals surface area contributed by atoms with E-state index in [2.05, 4.69) is 20.4 Å². The summed E-state index contributed by atoms with van der Waals surface area (Å²) in [6.45, 7) is 5.46. The van der Waals surface area contributed by atoms with Crippen LogP contribution < -0.4 is 5.32 Å². The van der Waals surface area contributed by atoms with Crippen molar-refractivity contribution in [2.75, 3.05) is 0 Å². The molecule has 0 spiro atoms. The Balaban J connectivity index is 1.67. The molecule has 0 radical (unpaired) electrons. The van der Waals surface area contributed by atoms with Gasteiger partial charge < -0.3 is 19.0 Å². The maximum absolute atomic E-state index is 11.6. The maximum Gasteiger partial charge on any atom is 0.408 e. The van der Waals surface area contributed by atoms with Crippen LogP contribution in [-0.2, 0) is 11.3 Å². The van der Waals surface area contributed by atoms with Gasteiger partial charge in [0.1, 0.15) is 11.2 Å². The highest BCUT2D eigenvalue weighted by Crippen LogP contribution is 2.25. The van der Waals surface area contributed by atoms with Crippen LogP contribution in [0.2, 0.25) is 0 Å². The summed E-state index contributed by atoms with van der Waals surface area (Å²) in [6.07, 6.45) is 2.78. The lowest BCUT2D eigenvalue weighted by molar-refractivity contribution is 0.0522. The molecule has 0 atom stereocenters. The van der Waals surface area contributed by atoms with Crippen molar-refractivity contribution in [3.8, 4) is 11.7 Å². The van der Waals surface area contributed by atoms with Crippen molar-refractivity contribution >= 4 is 17.1 Å². The van der Waals surface area contributed by atoms with Gasteiger partial charge in [-0.1, -0.05) is 5.16 Å². The minimum Gasteiger partial charge on any atom is -0.451 e. The van der Waals surface area contributed by atoms with Crippen LogP contribution in [0, 0.1) is 0 Å². The molecule has 0 saturated carbocycles. The summed E-state index contributed by atoms with van der Waals surface area (Å²) in [6, 6.07) is 3.51. The van der Waals surface area contributed by atoms with Gasteiger partial charge in [-0.2, -0.15) is 4.98 Å². The topological polar surface area (TPSA) is 103 Å². The second-order valence-electron chi connectivity index (χ2n) is 5.90. The fourth-order valence-corrected chi connectivity index (χ4v) is 1.88. The third kappa shape index (κ3) is 3.65. The molecule has 3 aromatic rings. The van der Waals surface area contributed by atoms with Crippen LogP contribution in [0.4, 0.5) is 4.79 Å². The first kappa shape index (κ1) is 15.0. The largest absolute Gasteiger partial charge is 0.451 e. The van der Waals surface area contributed by atoms with Gasteiger partial charge in [0.2, 0.25) is 0 Å². The highest BCUT2D eigenvalue weighted by molar-refractivity contribution is 5.80. The fraction of sp³-hybridized carbons (Fsp3) is 0.333. The van der Waals surface area contributed by atoms with Gasteiger partial charge in [-0.3, -0.25) is 4.98 Å². The summed E-state index contributed by atoms with van der Waals surface area (Å²) < 4.78 is 15.9. The number of hydrogen-bond donors (Lipinski definition) is 1. The molecule has 0 aliphatic carbocycles. The minimum absolute atomic E-state index is 0.0974. The molecule has 3 rings (SSSR count). The van der Waals surface area contributed by atoms with Crippen LogP contribution in [0.1, 0.15) is 26.6 Å². The number of aromatic nitrogens is 3. The predicted octanol–water partition coefficient (Wildman–Crippen LogP) is 2.90. The molecule has 0 aromatic carbocycles. The lowest BCUT2D eigenvalue weighted by Crippen LogP contribution is -2.32.